The molecule has 2 heterocycles. The van der Waals surface area contributed by atoms with Crippen LogP contribution in [-0.4, -0.2) is 47.8 Å². The van der Waals surface area contributed by atoms with Crippen LogP contribution in [0.2, 0.25) is 0 Å². The van der Waals surface area contributed by atoms with Crippen LogP contribution < -0.4 is 5.56 Å². The number of ether oxygens (including phenoxy) is 1. The normalized spacial score (nSPS) is 17.3. The van der Waals surface area contributed by atoms with Crippen LogP contribution >= 0.6 is 11.3 Å². The Morgan fingerprint density at radius 2 is 2.00 bits per heavy atom. The van der Waals surface area contributed by atoms with Crippen LogP contribution in [0.4, 0.5) is 0 Å². The molecule has 0 aromatic carbocycles. The smallest absolute Gasteiger partial charge is 0.262 e. The topological polar surface area (TPSA) is 47.4 Å². The number of hydrogen-bond acceptors (Lipinski definition) is 5. The van der Waals surface area contributed by atoms with Crippen LogP contribution in [0.1, 0.15) is 57.3 Å². The first kappa shape index (κ1) is 22.4. The van der Waals surface area contributed by atoms with Crippen molar-refractivity contribution in [1.29, 1.82) is 0 Å². The number of likely N-dealkylation sites (N-methyl/N-ethyl adjacent to an activating group) is 1. The predicted octanol–water partition coefficient (Wildman–Crippen LogP) is 4.14. The van der Waals surface area contributed by atoms with Crippen molar-refractivity contribution >= 4 is 21.6 Å². The summed E-state index contributed by atoms with van der Waals surface area (Å²) in [6.45, 7) is 15.5. The Bertz CT molecular complexity index is 890. The highest BCUT2D eigenvalue weighted by atomic mass is 32.1. The molecule has 0 saturated carbocycles. The van der Waals surface area contributed by atoms with E-state index in [1.54, 1.807) is 18.4 Å². The Morgan fingerprint density at radius 3 is 2.62 bits per heavy atom. The lowest BCUT2D eigenvalue weighted by atomic mass is 9.72. The van der Waals surface area contributed by atoms with Crippen LogP contribution in [-0.2, 0) is 30.5 Å². The summed E-state index contributed by atoms with van der Waals surface area (Å²) in [6.07, 6.45) is 3.91. The maximum atomic E-state index is 13.6. The fourth-order valence-corrected chi connectivity index (χ4v) is 5.74. The number of nitrogens with zero attached hydrogens (tertiary/aromatic N) is 3. The number of thiophene rings is 1. The summed E-state index contributed by atoms with van der Waals surface area (Å²) >= 11 is 1.75. The Balaban J connectivity index is 2.03. The van der Waals surface area contributed by atoms with Crippen LogP contribution in [0.25, 0.3) is 10.2 Å². The second-order valence-electron chi connectivity index (χ2n) is 9.24. The largest absolute Gasteiger partial charge is 0.384 e. The molecule has 0 bridgehead atoms. The van der Waals surface area contributed by atoms with Gasteiger partial charge in [0.05, 0.1) is 12.0 Å². The molecule has 2 aromatic rings. The van der Waals surface area contributed by atoms with Gasteiger partial charge in [-0.3, -0.25) is 9.36 Å². The van der Waals surface area contributed by atoms with Gasteiger partial charge in [0.15, 0.2) is 0 Å². The third kappa shape index (κ3) is 4.75. The number of hydrogen-bond donors (Lipinski definition) is 0. The minimum Gasteiger partial charge on any atom is -0.384 e. The summed E-state index contributed by atoms with van der Waals surface area (Å²) < 4.78 is 7.21. The molecule has 2 aromatic heterocycles. The summed E-state index contributed by atoms with van der Waals surface area (Å²) in [6, 6.07) is 0. The predicted molar refractivity (Wildman–Crippen MR) is 122 cm³/mol. The Labute approximate surface area is 179 Å². The van der Waals surface area contributed by atoms with Gasteiger partial charge in [-0.05, 0) is 49.2 Å². The first-order valence-corrected chi connectivity index (χ1v) is 11.9. The van der Waals surface area contributed by atoms with Gasteiger partial charge in [-0.15, -0.1) is 11.3 Å². The van der Waals surface area contributed by atoms with E-state index in [-0.39, 0.29) is 5.56 Å². The molecule has 6 heteroatoms. The number of methoxy groups -OCH3 is 1. The van der Waals surface area contributed by atoms with Crippen molar-refractivity contribution < 1.29 is 4.74 Å². The number of fused-ring (bicyclic) bond motifs is 3. The SMILES string of the molecule is CCN(CC)CCn1c(CCOC)nc2sc3c(c2c1=O)CCC(C(C)(C)C)C3. The van der Waals surface area contributed by atoms with Crippen molar-refractivity contribution in [3.8, 4) is 0 Å². The van der Waals surface area contributed by atoms with E-state index in [1.807, 2.05) is 4.57 Å². The highest BCUT2D eigenvalue weighted by molar-refractivity contribution is 7.18. The molecule has 0 spiro atoms. The highest BCUT2D eigenvalue weighted by Crippen LogP contribution is 2.42. The molecule has 3 rings (SSSR count). The lowest BCUT2D eigenvalue weighted by Gasteiger charge is -2.33. The van der Waals surface area contributed by atoms with Gasteiger partial charge in [-0.2, -0.15) is 0 Å². The Kier molecular flexibility index (Phi) is 7.18. The van der Waals surface area contributed by atoms with Gasteiger partial charge in [0, 0.05) is 31.5 Å². The van der Waals surface area contributed by atoms with Crippen LogP contribution in [0, 0.1) is 11.3 Å². The van der Waals surface area contributed by atoms with Crippen molar-refractivity contribution in [3.63, 3.8) is 0 Å². The summed E-state index contributed by atoms with van der Waals surface area (Å²) in [5.41, 5.74) is 1.73. The van der Waals surface area contributed by atoms with Gasteiger partial charge >= 0.3 is 0 Å². The van der Waals surface area contributed by atoms with Gasteiger partial charge in [-0.1, -0.05) is 34.6 Å². The van der Waals surface area contributed by atoms with Crippen molar-refractivity contribution in [2.45, 2.75) is 66.8 Å². The first-order valence-electron chi connectivity index (χ1n) is 11.0. The molecule has 0 aliphatic heterocycles. The molecule has 0 saturated heterocycles. The summed E-state index contributed by atoms with van der Waals surface area (Å²) in [4.78, 5) is 23.2. The summed E-state index contributed by atoms with van der Waals surface area (Å²) in [5, 5.41) is 0.887. The molecular weight excluding hydrogens is 382 g/mol. The molecule has 0 fully saturated rings. The summed E-state index contributed by atoms with van der Waals surface area (Å²) in [7, 11) is 1.70. The molecule has 0 amide bonds. The molecular formula is C23H37N3O2S. The van der Waals surface area contributed by atoms with Gasteiger partial charge in [0.1, 0.15) is 10.7 Å². The molecule has 1 aliphatic carbocycles. The quantitative estimate of drug-likeness (QED) is 0.645. The zero-order valence-electron chi connectivity index (χ0n) is 19.0. The van der Waals surface area contributed by atoms with Gasteiger partial charge in [0.2, 0.25) is 0 Å². The van der Waals surface area contributed by atoms with E-state index >= 15 is 0 Å². The number of rotatable bonds is 8. The van der Waals surface area contributed by atoms with E-state index < -0.39 is 0 Å². The zero-order chi connectivity index (χ0) is 21.2. The van der Waals surface area contributed by atoms with E-state index in [0.717, 1.165) is 54.9 Å². The average Bonchev–Trinajstić information content (AvgIpc) is 3.05. The highest BCUT2D eigenvalue weighted by Gasteiger charge is 2.32. The molecule has 1 aliphatic rings. The molecule has 1 atom stereocenters. The van der Waals surface area contributed by atoms with Crippen LogP contribution in [0.15, 0.2) is 4.79 Å². The lowest BCUT2D eigenvalue weighted by molar-refractivity contribution is 0.198. The first-order chi connectivity index (χ1) is 13.8. The third-order valence-electron chi connectivity index (χ3n) is 6.54. The maximum Gasteiger partial charge on any atom is 0.262 e. The minimum absolute atomic E-state index is 0.153. The average molecular weight is 420 g/mol. The van der Waals surface area contributed by atoms with E-state index in [0.29, 0.717) is 30.9 Å². The molecule has 5 nitrogen and oxygen atoms in total. The van der Waals surface area contributed by atoms with Crippen molar-refractivity contribution in [2.24, 2.45) is 11.3 Å². The Hall–Kier alpha value is -1.24. The third-order valence-corrected chi connectivity index (χ3v) is 7.68. The molecule has 0 N–H and O–H groups in total. The minimum atomic E-state index is 0.153. The van der Waals surface area contributed by atoms with Crippen LogP contribution in [0.3, 0.4) is 0 Å². The number of aromatic nitrogens is 2. The lowest BCUT2D eigenvalue weighted by Crippen LogP contribution is -2.33. The molecule has 1 unspecified atom stereocenters. The maximum absolute atomic E-state index is 13.6. The molecule has 162 valence electrons. The van der Waals surface area contributed by atoms with Gasteiger partial charge in [-0.25, -0.2) is 4.98 Å². The molecule has 0 radical (unpaired) electrons. The fraction of sp³-hybridized carbons (Fsp3) is 0.739. The fourth-order valence-electron chi connectivity index (χ4n) is 4.44. The second kappa shape index (κ2) is 9.27. The molecule has 29 heavy (non-hydrogen) atoms. The number of aryl methyl sites for hydroxylation is 1. The van der Waals surface area contributed by atoms with E-state index in [1.165, 1.54) is 10.4 Å². The van der Waals surface area contributed by atoms with E-state index in [9.17, 15) is 4.79 Å². The van der Waals surface area contributed by atoms with Crippen LogP contribution in [0.5, 0.6) is 0 Å². The standard InChI is InChI=1S/C23H37N3O2S/c1-7-25(8-2)12-13-26-19(11-14-28-6)24-21-20(22(26)27)17-10-9-16(23(3,4)5)15-18(17)29-21/h16H,7-15H2,1-6H3. The van der Waals surface area contributed by atoms with Crippen molar-refractivity contribution in [3.05, 3.63) is 26.6 Å². The van der Waals surface area contributed by atoms with Crippen molar-refractivity contribution in [1.82, 2.24) is 14.5 Å². The van der Waals surface area contributed by atoms with Gasteiger partial charge < -0.3 is 9.64 Å². The second-order valence-corrected chi connectivity index (χ2v) is 10.3. The van der Waals surface area contributed by atoms with E-state index in [2.05, 4.69) is 39.5 Å². The zero-order valence-corrected chi connectivity index (χ0v) is 19.8. The van der Waals surface area contributed by atoms with Gasteiger partial charge in [0.25, 0.3) is 5.56 Å². The van der Waals surface area contributed by atoms with Crippen molar-refractivity contribution in [2.75, 3.05) is 33.4 Å². The Morgan fingerprint density at radius 1 is 1.28 bits per heavy atom. The monoisotopic (exact) mass is 419 g/mol. The summed E-state index contributed by atoms with van der Waals surface area (Å²) in [5.74, 6) is 1.53. The van der Waals surface area contributed by atoms with E-state index in [4.69, 9.17) is 9.72 Å².